The van der Waals surface area contributed by atoms with Crippen molar-refractivity contribution in [3.8, 4) is 21.8 Å². The Morgan fingerprint density at radius 3 is 2.70 bits per heavy atom. The number of anilines is 1. The van der Waals surface area contributed by atoms with Crippen molar-refractivity contribution < 1.29 is 4.39 Å². The summed E-state index contributed by atoms with van der Waals surface area (Å²) in [5.41, 5.74) is 9.94. The first-order chi connectivity index (χ1) is 9.63. The van der Waals surface area contributed by atoms with E-state index in [-0.39, 0.29) is 5.82 Å². The van der Waals surface area contributed by atoms with Crippen molar-refractivity contribution in [3.05, 3.63) is 59.2 Å². The van der Waals surface area contributed by atoms with Gasteiger partial charge in [0.15, 0.2) is 0 Å². The molecule has 0 fully saturated rings. The molecule has 2 aromatic carbocycles. The molecule has 20 heavy (non-hydrogen) atoms. The third-order valence-electron chi connectivity index (χ3n) is 3.09. The van der Waals surface area contributed by atoms with Gasteiger partial charge in [-0.25, -0.2) is 9.37 Å². The summed E-state index contributed by atoms with van der Waals surface area (Å²) in [5, 5.41) is 2.87. The third-order valence-corrected chi connectivity index (χ3v) is 3.98. The van der Waals surface area contributed by atoms with Gasteiger partial charge in [0.25, 0.3) is 0 Å². The van der Waals surface area contributed by atoms with E-state index >= 15 is 0 Å². The zero-order chi connectivity index (χ0) is 14.1. The average molecular weight is 284 g/mol. The van der Waals surface area contributed by atoms with Crippen LogP contribution < -0.4 is 5.73 Å². The first kappa shape index (κ1) is 12.8. The molecular formula is C16H13FN2S. The molecule has 0 spiro atoms. The van der Waals surface area contributed by atoms with Crippen molar-refractivity contribution >= 4 is 17.0 Å². The van der Waals surface area contributed by atoms with E-state index in [1.165, 1.54) is 6.07 Å². The second-order valence-corrected chi connectivity index (χ2v) is 5.49. The largest absolute Gasteiger partial charge is 0.399 e. The van der Waals surface area contributed by atoms with Crippen LogP contribution in [0.25, 0.3) is 21.8 Å². The Labute approximate surface area is 120 Å². The molecule has 0 atom stereocenters. The highest BCUT2D eigenvalue weighted by molar-refractivity contribution is 7.13. The molecule has 3 aromatic rings. The van der Waals surface area contributed by atoms with Gasteiger partial charge in [-0.1, -0.05) is 12.1 Å². The molecule has 2 N–H and O–H groups in total. The van der Waals surface area contributed by atoms with Gasteiger partial charge >= 0.3 is 0 Å². The Kier molecular flexibility index (Phi) is 3.24. The number of rotatable bonds is 2. The Bertz CT molecular complexity index is 765. The van der Waals surface area contributed by atoms with E-state index < -0.39 is 0 Å². The number of nitrogens with two attached hydrogens (primary N) is 1. The molecule has 0 amide bonds. The van der Waals surface area contributed by atoms with Gasteiger partial charge in [-0.2, -0.15) is 0 Å². The highest BCUT2D eigenvalue weighted by Crippen LogP contribution is 2.30. The molecule has 2 nitrogen and oxygen atoms in total. The van der Waals surface area contributed by atoms with E-state index in [0.717, 1.165) is 27.5 Å². The molecule has 1 heterocycles. The quantitative estimate of drug-likeness (QED) is 0.703. The van der Waals surface area contributed by atoms with Crippen LogP contribution in [-0.4, -0.2) is 4.98 Å². The van der Waals surface area contributed by atoms with Crippen molar-refractivity contribution in [3.63, 3.8) is 0 Å². The van der Waals surface area contributed by atoms with Gasteiger partial charge in [-0.05, 0) is 42.8 Å². The van der Waals surface area contributed by atoms with E-state index in [0.29, 0.717) is 5.56 Å². The normalized spacial score (nSPS) is 10.7. The molecule has 0 saturated carbocycles. The van der Waals surface area contributed by atoms with Crippen LogP contribution in [0, 0.1) is 12.7 Å². The summed E-state index contributed by atoms with van der Waals surface area (Å²) < 4.78 is 13.3. The SMILES string of the molecule is Cc1cc(-c2nc(-c3cccc(N)c3)cs2)ccc1F. The fraction of sp³-hybridized carbons (Fsp3) is 0.0625. The lowest BCUT2D eigenvalue weighted by molar-refractivity contribution is 0.619. The first-order valence-corrected chi connectivity index (χ1v) is 7.09. The second kappa shape index (κ2) is 5.06. The minimum atomic E-state index is -0.193. The Hall–Kier alpha value is -2.20. The molecular weight excluding hydrogens is 271 g/mol. The summed E-state index contributed by atoms with van der Waals surface area (Å²) in [6, 6.07) is 12.7. The summed E-state index contributed by atoms with van der Waals surface area (Å²) in [4.78, 5) is 4.60. The highest BCUT2D eigenvalue weighted by Gasteiger charge is 2.08. The molecule has 0 aliphatic heterocycles. The Morgan fingerprint density at radius 2 is 1.95 bits per heavy atom. The zero-order valence-corrected chi connectivity index (χ0v) is 11.7. The maximum Gasteiger partial charge on any atom is 0.126 e. The lowest BCUT2D eigenvalue weighted by atomic mass is 10.1. The van der Waals surface area contributed by atoms with E-state index in [1.807, 2.05) is 35.7 Å². The number of thiazole rings is 1. The van der Waals surface area contributed by atoms with Gasteiger partial charge in [-0.3, -0.25) is 0 Å². The van der Waals surface area contributed by atoms with Crippen molar-refractivity contribution in [1.82, 2.24) is 4.98 Å². The Balaban J connectivity index is 1.99. The lowest BCUT2D eigenvalue weighted by Gasteiger charge is -2.00. The van der Waals surface area contributed by atoms with E-state index in [1.54, 1.807) is 24.3 Å². The van der Waals surface area contributed by atoms with Crippen molar-refractivity contribution in [2.24, 2.45) is 0 Å². The van der Waals surface area contributed by atoms with Crippen LogP contribution in [0.4, 0.5) is 10.1 Å². The molecule has 0 radical (unpaired) electrons. The van der Waals surface area contributed by atoms with E-state index in [2.05, 4.69) is 4.98 Å². The molecule has 4 heteroatoms. The number of aromatic nitrogens is 1. The van der Waals surface area contributed by atoms with Gasteiger partial charge in [0, 0.05) is 22.2 Å². The molecule has 0 saturated heterocycles. The monoisotopic (exact) mass is 284 g/mol. The highest BCUT2D eigenvalue weighted by atomic mass is 32.1. The van der Waals surface area contributed by atoms with Crippen molar-refractivity contribution in [2.75, 3.05) is 5.73 Å². The van der Waals surface area contributed by atoms with Gasteiger partial charge in [0.1, 0.15) is 10.8 Å². The van der Waals surface area contributed by atoms with Crippen LogP contribution in [0.15, 0.2) is 47.8 Å². The van der Waals surface area contributed by atoms with Gasteiger partial charge in [0.2, 0.25) is 0 Å². The maximum absolute atomic E-state index is 13.3. The number of hydrogen-bond acceptors (Lipinski definition) is 3. The summed E-state index contributed by atoms with van der Waals surface area (Å²) in [6.07, 6.45) is 0. The molecule has 3 rings (SSSR count). The van der Waals surface area contributed by atoms with Crippen LogP contribution in [0.5, 0.6) is 0 Å². The predicted molar refractivity (Wildman–Crippen MR) is 82.1 cm³/mol. The molecule has 0 aliphatic carbocycles. The topological polar surface area (TPSA) is 38.9 Å². The van der Waals surface area contributed by atoms with Gasteiger partial charge in [-0.15, -0.1) is 11.3 Å². The van der Waals surface area contributed by atoms with Crippen LogP contribution in [0.2, 0.25) is 0 Å². The molecule has 1 aromatic heterocycles. The fourth-order valence-electron chi connectivity index (χ4n) is 2.01. The summed E-state index contributed by atoms with van der Waals surface area (Å²) in [6.45, 7) is 1.76. The van der Waals surface area contributed by atoms with E-state index in [9.17, 15) is 4.39 Å². The minimum absolute atomic E-state index is 0.193. The second-order valence-electron chi connectivity index (χ2n) is 4.63. The summed E-state index contributed by atoms with van der Waals surface area (Å²) >= 11 is 1.54. The smallest absolute Gasteiger partial charge is 0.126 e. The van der Waals surface area contributed by atoms with Gasteiger partial charge in [0.05, 0.1) is 5.69 Å². The standard InChI is InChI=1S/C16H13FN2S/c1-10-7-12(5-6-14(10)17)16-19-15(9-20-16)11-3-2-4-13(18)8-11/h2-9H,18H2,1H3. The first-order valence-electron chi connectivity index (χ1n) is 6.21. The van der Waals surface area contributed by atoms with Crippen LogP contribution in [0.1, 0.15) is 5.56 Å². The summed E-state index contributed by atoms with van der Waals surface area (Å²) in [7, 11) is 0. The minimum Gasteiger partial charge on any atom is -0.399 e. The van der Waals surface area contributed by atoms with Gasteiger partial charge < -0.3 is 5.73 Å². The average Bonchev–Trinajstić information content (AvgIpc) is 2.92. The molecule has 0 bridgehead atoms. The van der Waals surface area contributed by atoms with Crippen LogP contribution >= 0.6 is 11.3 Å². The molecule has 100 valence electrons. The summed E-state index contributed by atoms with van der Waals surface area (Å²) in [5.74, 6) is -0.193. The number of nitrogens with zero attached hydrogens (tertiary/aromatic N) is 1. The Morgan fingerprint density at radius 1 is 1.10 bits per heavy atom. The van der Waals surface area contributed by atoms with E-state index in [4.69, 9.17) is 5.73 Å². The third kappa shape index (κ3) is 2.42. The number of halogens is 1. The zero-order valence-electron chi connectivity index (χ0n) is 10.9. The lowest BCUT2D eigenvalue weighted by Crippen LogP contribution is -1.86. The van der Waals surface area contributed by atoms with Crippen LogP contribution in [-0.2, 0) is 0 Å². The molecule has 0 unspecified atom stereocenters. The fourth-order valence-corrected chi connectivity index (χ4v) is 2.84. The number of aryl methyl sites for hydroxylation is 1. The number of nitrogen functional groups attached to an aromatic ring is 1. The van der Waals surface area contributed by atoms with Crippen molar-refractivity contribution in [2.45, 2.75) is 6.92 Å². The van der Waals surface area contributed by atoms with Crippen molar-refractivity contribution in [1.29, 1.82) is 0 Å². The van der Waals surface area contributed by atoms with Crippen LogP contribution in [0.3, 0.4) is 0 Å². The number of benzene rings is 2. The molecule has 0 aliphatic rings. The maximum atomic E-state index is 13.3. The predicted octanol–water partition coefficient (Wildman–Crippen LogP) is 4.51. The number of hydrogen-bond donors (Lipinski definition) is 1.